The molecule has 1 aromatic carbocycles. The van der Waals surface area contributed by atoms with Gasteiger partial charge in [0.2, 0.25) is 0 Å². The molecule has 2 aromatic heterocycles. The Morgan fingerprint density at radius 2 is 2.04 bits per heavy atom. The molecule has 0 amide bonds. The number of hydrogen-bond donors (Lipinski definition) is 1. The lowest BCUT2D eigenvalue weighted by molar-refractivity contribution is 0.612. The zero-order valence-electron chi connectivity index (χ0n) is 15.1. The molecule has 0 aliphatic rings. The van der Waals surface area contributed by atoms with Gasteiger partial charge >= 0.3 is 5.69 Å². The van der Waals surface area contributed by atoms with Gasteiger partial charge in [0.1, 0.15) is 6.33 Å². The minimum absolute atomic E-state index is 0.00147. The van der Waals surface area contributed by atoms with Crippen molar-refractivity contribution in [3.05, 3.63) is 81.2 Å². The second kappa shape index (κ2) is 7.55. The fourth-order valence-corrected chi connectivity index (χ4v) is 2.83. The van der Waals surface area contributed by atoms with Crippen molar-refractivity contribution in [1.82, 2.24) is 18.9 Å². The first-order chi connectivity index (χ1) is 12.9. The average Bonchev–Trinajstić information content (AvgIpc) is 3.04. The molecule has 0 radical (unpaired) electrons. The summed E-state index contributed by atoms with van der Waals surface area (Å²) in [5, 5.41) is 4.03. The van der Waals surface area contributed by atoms with Gasteiger partial charge in [-0.2, -0.15) is 5.10 Å². The summed E-state index contributed by atoms with van der Waals surface area (Å²) in [5.74, 6) is 0. The zero-order chi connectivity index (χ0) is 19.6. The molecule has 0 atom stereocenters. The van der Waals surface area contributed by atoms with Gasteiger partial charge in [-0.1, -0.05) is 12.1 Å². The van der Waals surface area contributed by atoms with Gasteiger partial charge in [-0.05, 0) is 41.8 Å². The summed E-state index contributed by atoms with van der Waals surface area (Å²) in [6, 6.07) is 9.15. The first-order valence-electron chi connectivity index (χ1n) is 8.35. The Morgan fingerprint density at radius 3 is 2.70 bits per heavy atom. The molecule has 0 unspecified atom stereocenters. The quantitative estimate of drug-likeness (QED) is 0.739. The van der Waals surface area contributed by atoms with E-state index in [0.29, 0.717) is 17.6 Å². The summed E-state index contributed by atoms with van der Waals surface area (Å²) in [4.78, 5) is 24.5. The number of nitrogens with two attached hydrogens (primary N) is 1. The minimum atomic E-state index is -0.392. The van der Waals surface area contributed by atoms with Gasteiger partial charge in [-0.25, -0.2) is 18.4 Å². The number of aromatic nitrogens is 4. The van der Waals surface area contributed by atoms with Crippen LogP contribution in [0.1, 0.15) is 5.56 Å². The van der Waals surface area contributed by atoms with Crippen LogP contribution < -0.4 is 17.0 Å². The third-order valence-corrected chi connectivity index (χ3v) is 4.32. The van der Waals surface area contributed by atoms with E-state index in [4.69, 9.17) is 5.73 Å². The van der Waals surface area contributed by atoms with E-state index in [1.165, 1.54) is 15.5 Å². The lowest BCUT2D eigenvalue weighted by atomic mass is 10.1. The highest BCUT2D eigenvalue weighted by Crippen LogP contribution is 2.21. The van der Waals surface area contributed by atoms with Crippen molar-refractivity contribution in [3.63, 3.8) is 0 Å². The Balaban J connectivity index is 2.01. The maximum absolute atomic E-state index is 12.7. The summed E-state index contributed by atoms with van der Waals surface area (Å²) in [7, 11) is 1.70. The number of benzene rings is 1. The van der Waals surface area contributed by atoms with E-state index in [-0.39, 0.29) is 24.2 Å². The van der Waals surface area contributed by atoms with E-state index in [2.05, 4.69) is 5.10 Å². The Bertz CT molecular complexity index is 1100. The van der Waals surface area contributed by atoms with E-state index in [0.717, 1.165) is 15.8 Å². The van der Waals surface area contributed by atoms with Crippen LogP contribution in [0, 0.1) is 6.92 Å². The normalized spacial score (nSPS) is 11.8. The van der Waals surface area contributed by atoms with Crippen LogP contribution in [0.3, 0.4) is 0 Å². The van der Waals surface area contributed by atoms with Gasteiger partial charge in [0, 0.05) is 25.4 Å². The summed E-state index contributed by atoms with van der Waals surface area (Å²) >= 11 is 0. The predicted molar refractivity (Wildman–Crippen MR) is 101 cm³/mol. The topological polar surface area (TPSA) is 87.8 Å². The van der Waals surface area contributed by atoms with Crippen molar-refractivity contribution in [2.75, 3.05) is 6.54 Å². The number of rotatable bonds is 5. The summed E-state index contributed by atoms with van der Waals surface area (Å²) in [6.45, 7) is 1.77. The Labute approximate surface area is 154 Å². The highest BCUT2D eigenvalue weighted by Gasteiger charge is 2.10. The van der Waals surface area contributed by atoms with Gasteiger partial charge in [-0.15, -0.1) is 0 Å². The minimum Gasteiger partial charge on any atom is -0.327 e. The lowest BCUT2D eigenvalue weighted by Crippen LogP contribution is -2.26. The van der Waals surface area contributed by atoms with E-state index < -0.39 is 5.69 Å². The largest absolute Gasteiger partial charge is 0.350 e. The van der Waals surface area contributed by atoms with Crippen LogP contribution >= 0.6 is 0 Å². The highest BCUT2D eigenvalue weighted by molar-refractivity contribution is 5.65. The molecule has 7 nitrogen and oxygen atoms in total. The fourth-order valence-electron chi connectivity index (χ4n) is 2.83. The number of nitrogens with zero attached hydrogens (tertiary/aromatic N) is 4. The average molecular weight is 369 g/mol. The van der Waals surface area contributed by atoms with Crippen LogP contribution in [0.5, 0.6) is 0 Å². The van der Waals surface area contributed by atoms with Crippen LogP contribution in [0.2, 0.25) is 0 Å². The first-order valence-corrected chi connectivity index (χ1v) is 8.35. The number of hydrogen-bond acceptors (Lipinski definition) is 4. The van der Waals surface area contributed by atoms with Gasteiger partial charge in [0.25, 0.3) is 5.56 Å². The molecule has 140 valence electrons. The number of aryl methyl sites for hydroxylation is 2. The number of pyridine rings is 1. The van der Waals surface area contributed by atoms with Gasteiger partial charge in [0.15, 0.2) is 0 Å². The molecule has 3 rings (SSSR count). The summed E-state index contributed by atoms with van der Waals surface area (Å²) < 4.78 is 16.8. The molecular formula is C19H20FN5O2. The van der Waals surface area contributed by atoms with Crippen molar-refractivity contribution >= 4 is 0 Å². The smallest absolute Gasteiger partial charge is 0.327 e. The molecular weight excluding hydrogens is 349 g/mol. The molecule has 0 aliphatic heterocycles. The summed E-state index contributed by atoms with van der Waals surface area (Å²) in [5.41, 5.74) is 8.24. The van der Waals surface area contributed by atoms with Gasteiger partial charge < -0.3 is 10.3 Å². The Morgan fingerprint density at radius 1 is 1.26 bits per heavy atom. The van der Waals surface area contributed by atoms with Crippen molar-refractivity contribution in [3.8, 4) is 16.8 Å². The molecule has 0 saturated carbocycles. The van der Waals surface area contributed by atoms with Crippen molar-refractivity contribution in [2.45, 2.75) is 13.5 Å². The third-order valence-electron chi connectivity index (χ3n) is 4.32. The van der Waals surface area contributed by atoms with Crippen molar-refractivity contribution in [2.24, 2.45) is 12.8 Å². The molecule has 27 heavy (non-hydrogen) atoms. The second-order valence-electron chi connectivity index (χ2n) is 6.29. The predicted octanol–water partition coefficient (Wildman–Crippen LogP) is 1.52. The van der Waals surface area contributed by atoms with Crippen LogP contribution in [0.15, 0.2) is 64.3 Å². The molecule has 0 saturated heterocycles. The maximum Gasteiger partial charge on any atom is 0.350 e. The second-order valence-corrected chi connectivity index (χ2v) is 6.29. The Kier molecular flexibility index (Phi) is 5.18. The first kappa shape index (κ1) is 18.5. The standard InChI is InChI=1S/C19H20FN5O2/c1-13-6-16(11-23(2)18(13)26)15-4-3-5-17(7-15)24-12-22-25(19(24)27)10-14(8-20)9-21/h3-8,11-12H,9-10,21H2,1-2H3/b14-8+. The highest BCUT2D eigenvalue weighted by atomic mass is 19.1. The SMILES string of the molecule is Cc1cc(-c2cccc(-n3cnn(C/C(=C/F)CN)c3=O)c2)cn(C)c1=O. The van der Waals surface area contributed by atoms with Crippen LogP contribution in [-0.4, -0.2) is 25.5 Å². The van der Waals surface area contributed by atoms with Crippen LogP contribution in [-0.2, 0) is 13.6 Å². The molecule has 2 N–H and O–H groups in total. The van der Waals surface area contributed by atoms with E-state index in [1.54, 1.807) is 26.2 Å². The molecule has 8 heteroatoms. The molecule has 0 aliphatic carbocycles. The Hall–Kier alpha value is -3.26. The van der Waals surface area contributed by atoms with Crippen LogP contribution in [0.4, 0.5) is 4.39 Å². The molecule has 3 aromatic rings. The van der Waals surface area contributed by atoms with E-state index in [9.17, 15) is 14.0 Å². The molecule has 0 spiro atoms. The molecule has 2 heterocycles. The van der Waals surface area contributed by atoms with E-state index in [1.807, 2.05) is 24.3 Å². The molecule has 0 fully saturated rings. The maximum atomic E-state index is 12.7. The monoisotopic (exact) mass is 369 g/mol. The fraction of sp³-hybridized carbons (Fsp3) is 0.211. The lowest BCUT2D eigenvalue weighted by Gasteiger charge is -2.08. The number of halogens is 1. The van der Waals surface area contributed by atoms with Crippen LogP contribution in [0.25, 0.3) is 16.8 Å². The van der Waals surface area contributed by atoms with Gasteiger partial charge in [-0.3, -0.25) is 4.79 Å². The zero-order valence-corrected chi connectivity index (χ0v) is 15.1. The van der Waals surface area contributed by atoms with Crippen molar-refractivity contribution in [1.29, 1.82) is 0 Å². The van der Waals surface area contributed by atoms with E-state index >= 15 is 0 Å². The molecule has 0 bridgehead atoms. The van der Waals surface area contributed by atoms with Gasteiger partial charge in [0.05, 0.1) is 18.6 Å². The third kappa shape index (κ3) is 3.65. The van der Waals surface area contributed by atoms with Crippen molar-refractivity contribution < 1.29 is 4.39 Å². The summed E-state index contributed by atoms with van der Waals surface area (Å²) in [6.07, 6.45) is 3.54.